The monoisotopic (exact) mass is 432 g/mol. The first-order valence-corrected chi connectivity index (χ1v) is 11.9. The van der Waals surface area contributed by atoms with E-state index in [0.717, 1.165) is 18.6 Å². The maximum absolute atomic E-state index is 6.29. The molecule has 120 valence electrons. The van der Waals surface area contributed by atoms with Crippen LogP contribution in [0.5, 0.6) is 0 Å². The van der Waals surface area contributed by atoms with Crippen molar-refractivity contribution in [1.82, 2.24) is 0 Å². The van der Waals surface area contributed by atoms with E-state index in [1.54, 1.807) is 0 Å². The minimum absolute atomic E-state index is 0.208. The summed E-state index contributed by atoms with van der Waals surface area (Å²) in [7, 11) is -1.75. The van der Waals surface area contributed by atoms with Gasteiger partial charge in [0.15, 0.2) is 13.9 Å². The van der Waals surface area contributed by atoms with Gasteiger partial charge in [-0.15, -0.1) is 0 Å². The number of halogens is 2. The fraction of sp³-hybridized carbons (Fsp3) is 0.867. The van der Waals surface area contributed by atoms with Crippen molar-refractivity contribution in [1.29, 1.82) is 0 Å². The molecule has 5 heteroatoms. The summed E-state index contributed by atoms with van der Waals surface area (Å²) in [4.78, 5) is 0. The molecule has 0 aromatic heterocycles. The minimum atomic E-state index is -1.75. The molecule has 0 bridgehead atoms. The molecule has 0 aliphatic heterocycles. The van der Waals surface area contributed by atoms with E-state index in [2.05, 4.69) is 76.4 Å². The Labute approximate surface area is 144 Å². The van der Waals surface area contributed by atoms with Crippen LogP contribution in [0.25, 0.3) is 0 Å². The maximum atomic E-state index is 6.29. The van der Waals surface area contributed by atoms with Crippen molar-refractivity contribution in [3.05, 3.63) is 11.8 Å². The molecular weight excluding hydrogens is 403 g/mol. The highest BCUT2D eigenvalue weighted by Crippen LogP contribution is 2.37. The first-order chi connectivity index (χ1) is 9.05. The summed E-state index contributed by atoms with van der Waals surface area (Å²) in [6, 6.07) is 0. The van der Waals surface area contributed by atoms with E-state index >= 15 is 0 Å². The van der Waals surface area contributed by atoms with Gasteiger partial charge in [-0.3, -0.25) is 0 Å². The van der Waals surface area contributed by atoms with E-state index in [4.69, 9.17) is 20.8 Å². The summed E-state index contributed by atoms with van der Waals surface area (Å²) in [5, 5.41) is 0.208. The Hall–Kier alpha value is 0.737. The zero-order valence-electron chi connectivity index (χ0n) is 13.9. The van der Waals surface area contributed by atoms with Gasteiger partial charge in [0.1, 0.15) is 5.76 Å². The van der Waals surface area contributed by atoms with Crippen LogP contribution >= 0.6 is 34.2 Å². The molecule has 2 nitrogen and oxygen atoms in total. The van der Waals surface area contributed by atoms with Crippen LogP contribution in [-0.4, -0.2) is 24.4 Å². The molecule has 0 amide bonds. The van der Waals surface area contributed by atoms with E-state index in [-0.39, 0.29) is 10.6 Å². The van der Waals surface area contributed by atoms with Crippen LogP contribution in [0.15, 0.2) is 11.8 Å². The van der Waals surface area contributed by atoms with Crippen molar-refractivity contribution in [3.8, 4) is 0 Å². The van der Waals surface area contributed by atoms with Crippen molar-refractivity contribution >= 4 is 42.5 Å². The number of allylic oxidation sites excluding steroid dienone is 1. The Morgan fingerprint density at radius 3 is 2.25 bits per heavy atom. The van der Waals surface area contributed by atoms with Crippen LogP contribution in [0.4, 0.5) is 0 Å². The molecule has 0 saturated carbocycles. The van der Waals surface area contributed by atoms with Crippen LogP contribution in [0.2, 0.25) is 18.1 Å². The van der Waals surface area contributed by atoms with Gasteiger partial charge in [0.25, 0.3) is 0 Å². The van der Waals surface area contributed by atoms with E-state index in [1.807, 2.05) is 0 Å². The van der Waals surface area contributed by atoms with E-state index in [0.29, 0.717) is 10.5 Å². The number of ether oxygens (including phenoxy) is 1. The lowest BCUT2D eigenvalue weighted by Crippen LogP contribution is -2.41. The minimum Gasteiger partial charge on any atom is -0.476 e. The fourth-order valence-electron chi connectivity index (χ4n) is 1.24. The number of rotatable bonds is 8. The molecule has 2 unspecified atom stereocenters. The highest BCUT2D eigenvalue weighted by atomic mass is 127. The zero-order chi connectivity index (χ0) is 16.0. The summed E-state index contributed by atoms with van der Waals surface area (Å²) in [6.45, 7) is 16.0. The third-order valence-corrected chi connectivity index (χ3v) is 10.6. The lowest BCUT2D eigenvalue weighted by atomic mass is 10.2. The normalized spacial score (nSPS) is 16.9. The van der Waals surface area contributed by atoms with Gasteiger partial charge in [-0.25, -0.2) is 0 Å². The topological polar surface area (TPSA) is 18.5 Å². The largest absolute Gasteiger partial charge is 0.476 e. The number of hydrogen-bond donors (Lipinski definition) is 0. The number of alkyl halides is 2. The van der Waals surface area contributed by atoms with Crippen molar-refractivity contribution in [2.75, 3.05) is 6.61 Å². The highest BCUT2D eigenvalue weighted by Gasteiger charge is 2.37. The predicted molar refractivity (Wildman–Crippen MR) is 100 cm³/mol. The average Bonchev–Trinajstić information content (AvgIpc) is 2.33. The molecule has 0 aliphatic carbocycles. The van der Waals surface area contributed by atoms with Crippen LogP contribution in [0.1, 0.15) is 47.5 Å². The molecule has 0 heterocycles. The second kappa shape index (κ2) is 9.01. The molecular formula is C15H30ClIO2Si. The first-order valence-electron chi connectivity index (χ1n) is 7.33. The second-order valence-corrected chi connectivity index (χ2v) is 13.4. The standard InChI is InChI=1S/C15H30ClIO2Si/c1-8-10-12(19-14(16)13(17)9-2)11-18-20(6,7)15(3,4)5/h10,13-14H,8-9,11H2,1-7H3/b12-10-. The van der Waals surface area contributed by atoms with Crippen LogP contribution in [0.3, 0.4) is 0 Å². The summed E-state index contributed by atoms with van der Waals surface area (Å²) in [6.07, 6.45) is 4.00. The quantitative estimate of drug-likeness (QED) is 0.200. The SMILES string of the molecule is CC/C=C(/CO[Si](C)(C)C(C)(C)C)OC(Cl)C(I)CC. The smallest absolute Gasteiger partial charge is 0.192 e. The predicted octanol–water partition coefficient (Wildman–Crippen LogP) is 6.10. The fourth-order valence-corrected chi connectivity index (χ4v) is 2.62. The van der Waals surface area contributed by atoms with Gasteiger partial charge < -0.3 is 9.16 Å². The highest BCUT2D eigenvalue weighted by molar-refractivity contribution is 14.1. The Morgan fingerprint density at radius 2 is 1.85 bits per heavy atom. The third kappa shape index (κ3) is 7.14. The zero-order valence-corrected chi connectivity index (χ0v) is 17.8. The summed E-state index contributed by atoms with van der Waals surface area (Å²) < 4.78 is 12.4. The van der Waals surface area contributed by atoms with Gasteiger partial charge in [-0.05, 0) is 37.0 Å². The van der Waals surface area contributed by atoms with Gasteiger partial charge in [-0.1, -0.05) is 68.8 Å². The summed E-state index contributed by atoms with van der Waals surface area (Å²) in [5.74, 6) is 0.868. The summed E-state index contributed by atoms with van der Waals surface area (Å²) in [5.41, 5.74) is -0.290. The molecule has 0 spiro atoms. The molecule has 0 radical (unpaired) electrons. The molecule has 0 aromatic carbocycles. The molecule has 0 N–H and O–H groups in total. The summed E-state index contributed by atoms with van der Waals surface area (Å²) >= 11 is 8.62. The molecule has 0 rings (SSSR count). The lowest BCUT2D eigenvalue weighted by Gasteiger charge is -2.36. The Bertz CT molecular complexity index is 313. The first kappa shape index (κ1) is 20.7. The van der Waals surface area contributed by atoms with E-state index in [1.165, 1.54) is 0 Å². The van der Waals surface area contributed by atoms with Gasteiger partial charge >= 0.3 is 0 Å². The Balaban J connectivity index is 4.63. The molecule has 0 fully saturated rings. The molecule has 20 heavy (non-hydrogen) atoms. The molecule has 0 saturated heterocycles. The van der Waals surface area contributed by atoms with Gasteiger partial charge in [0, 0.05) is 0 Å². The molecule has 0 aromatic rings. The third-order valence-electron chi connectivity index (χ3n) is 3.75. The number of hydrogen-bond acceptors (Lipinski definition) is 2. The molecule has 2 atom stereocenters. The second-order valence-electron chi connectivity index (χ2n) is 6.52. The maximum Gasteiger partial charge on any atom is 0.192 e. The van der Waals surface area contributed by atoms with Gasteiger partial charge in [-0.2, -0.15) is 0 Å². The van der Waals surface area contributed by atoms with Crippen molar-refractivity contribution in [2.45, 2.75) is 75.1 Å². The Kier molecular flexibility index (Phi) is 9.34. The van der Waals surface area contributed by atoms with Crippen LogP contribution in [0, 0.1) is 0 Å². The van der Waals surface area contributed by atoms with Gasteiger partial charge in [0.05, 0.1) is 10.5 Å². The lowest BCUT2D eigenvalue weighted by molar-refractivity contribution is 0.140. The van der Waals surface area contributed by atoms with E-state index < -0.39 is 8.32 Å². The average molecular weight is 433 g/mol. The van der Waals surface area contributed by atoms with Gasteiger partial charge in [0.2, 0.25) is 0 Å². The van der Waals surface area contributed by atoms with Crippen molar-refractivity contribution in [3.63, 3.8) is 0 Å². The van der Waals surface area contributed by atoms with Crippen LogP contribution in [-0.2, 0) is 9.16 Å². The van der Waals surface area contributed by atoms with E-state index in [9.17, 15) is 0 Å². The van der Waals surface area contributed by atoms with Crippen molar-refractivity contribution < 1.29 is 9.16 Å². The van der Waals surface area contributed by atoms with Crippen LogP contribution < -0.4 is 0 Å². The van der Waals surface area contributed by atoms with Crippen molar-refractivity contribution in [2.24, 2.45) is 0 Å². The molecule has 0 aliphatic rings. The Morgan fingerprint density at radius 1 is 1.30 bits per heavy atom.